The Morgan fingerprint density at radius 1 is 1.00 bits per heavy atom. The molecule has 0 saturated carbocycles. The van der Waals surface area contributed by atoms with Gasteiger partial charge in [-0.3, -0.25) is 9.69 Å². The van der Waals surface area contributed by atoms with Crippen LogP contribution in [0.3, 0.4) is 0 Å². The number of para-hydroxylation sites is 1. The van der Waals surface area contributed by atoms with Gasteiger partial charge in [0.25, 0.3) is 5.56 Å². The van der Waals surface area contributed by atoms with Crippen LogP contribution in [-0.2, 0) is 0 Å². The zero-order valence-corrected chi connectivity index (χ0v) is 17.0. The van der Waals surface area contributed by atoms with E-state index in [0.29, 0.717) is 33.7 Å². The van der Waals surface area contributed by atoms with E-state index in [1.54, 1.807) is 18.2 Å². The molecule has 2 heterocycles. The maximum Gasteiger partial charge on any atom is 0.259 e. The highest BCUT2D eigenvalue weighted by atomic mass is 35.5. The van der Waals surface area contributed by atoms with Gasteiger partial charge in [0.2, 0.25) is 0 Å². The van der Waals surface area contributed by atoms with E-state index in [2.05, 4.69) is 51.3 Å². The third kappa shape index (κ3) is 3.63. The van der Waals surface area contributed by atoms with Crippen molar-refractivity contribution in [3.05, 3.63) is 81.4 Å². The number of fused-ring (bicyclic) bond motifs is 1. The van der Waals surface area contributed by atoms with E-state index in [4.69, 9.17) is 11.6 Å². The first-order valence-corrected chi connectivity index (χ1v) is 10.8. The van der Waals surface area contributed by atoms with Gasteiger partial charge in [-0.2, -0.15) is 0 Å². The van der Waals surface area contributed by atoms with Gasteiger partial charge < -0.3 is 4.98 Å². The van der Waals surface area contributed by atoms with Gasteiger partial charge in [0.05, 0.1) is 15.9 Å². The van der Waals surface area contributed by atoms with Crippen molar-refractivity contribution in [3.8, 4) is 0 Å². The van der Waals surface area contributed by atoms with E-state index >= 15 is 0 Å². The lowest BCUT2D eigenvalue weighted by Crippen LogP contribution is -2.39. The second-order valence-electron chi connectivity index (χ2n) is 8.07. The summed E-state index contributed by atoms with van der Waals surface area (Å²) in [4.78, 5) is 22.7. The van der Waals surface area contributed by atoms with Crippen LogP contribution in [0.25, 0.3) is 16.5 Å². The van der Waals surface area contributed by atoms with Crippen molar-refractivity contribution >= 4 is 28.1 Å². The molecule has 0 bridgehead atoms. The Labute approximate surface area is 175 Å². The Morgan fingerprint density at radius 3 is 2.59 bits per heavy atom. The van der Waals surface area contributed by atoms with Crippen LogP contribution in [0.15, 0.2) is 59.4 Å². The van der Waals surface area contributed by atoms with Crippen molar-refractivity contribution in [2.45, 2.75) is 37.6 Å². The third-order valence-electron chi connectivity index (χ3n) is 6.36. The molecule has 148 valence electrons. The molecule has 29 heavy (non-hydrogen) atoms. The number of hydrogen-bond donors (Lipinski definition) is 1. The highest BCUT2D eigenvalue weighted by Gasteiger charge is 2.28. The molecule has 2 aromatic carbocycles. The summed E-state index contributed by atoms with van der Waals surface area (Å²) in [5.41, 5.74) is 3.05. The first-order valence-electron chi connectivity index (χ1n) is 10.4. The van der Waals surface area contributed by atoms with E-state index in [1.807, 2.05) is 0 Å². The largest absolute Gasteiger partial charge is 0.306 e. The summed E-state index contributed by atoms with van der Waals surface area (Å²) in [7, 11) is 0. The first-order chi connectivity index (χ1) is 14.2. The molecule has 1 atom stereocenters. The van der Waals surface area contributed by atoms with Crippen LogP contribution in [-0.4, -0.2) is 34.0 Å². The highest BCUT2D eigenvalue weighted by Crippen LogP contribution is 2.34. The van der Waals surface area contributed by atoms with Gasteiger partial charge in [0.15, 0.2) is 0 Å². The number of rotatable bonds is 3. The molecule has 0 unspecified atom stereocenters. The zero-order valence-electron chi connectivity index (χ0n) is 16.3. The van der Waals surface area contributed by atoms with Gasteiger partial charge >= 0.3 is 0 Å². The Kier molecular flexibility index (Phi) is 4.98. The second kappa shape index (κ2) is 7.77. The minimum atomic E-state index is -0.125. The highest BCUT2D eigenvalue weighted by molar-refractivity contribution is 6.35. The number of halogens is 1. The molecule has 5 heteroatoms. The van der Waals surface area contributed by atoms with Gasteiger partial charge in [-0.05, 0) is 68.0 Å². The number of aromatic nitrogens is 2. The number of H-pyrrole nitrogens is 1. The molecule has 1 fully saturated rings. The summed E-state index contributed by atoms with van der Waals surface area (Å²) in [6, 6.07) is 16.6. The summed E-state index contributed by atoms with van der Waals surface area (Å²) in [5.74, 6) is 1.33. The van der Waals surface area contributed by atoms with Crippen LogP contribution in [0, 0.1) is 0 Å². The topological polar surface area (TPSA) is 49.0 Å². The van der Waals surface area contributed by atoms with Crippen LogP contribution >= 0.6 is 11.6 Å². The number of benzene rings is 2. The molecule has 5 rings (SSSR count). The molecule has 1 saturated heterocycles. The fourth-order valence-electron chi connectivity index (χ4n) is 4.76. The van der Waals surface area contributed by atoms with Gasteiger partial charge in [-0.1, -0.05) is 54.1 Å². The quantitative estimate of drug-likeness (QED) is 0.666. The molecular formula is C24H24ClN3O. The Balaban J connectivity index is 1.33. The van der Waals surface area contributed by atoms with E-state index < -0.39 is 0 Å². The molecule has 0 radical (unpaired) electrons. The smallest absolute Gasteiger partial charge is 0.259 e. The molecule has 3 aromatic rings. The van der Waals surface area contributed by atoms with Crippen LogP contribution in [0.1, 0.15) is 43.0 Å². The third-order valence-corrected chi connectivity index (χ3v) is 6.67. The maximum atomic E-state index is 12.5. The zero-order chi connectivity index (χ0) is 19.8. The van der Waals surface area contributed by atoms with Crippen molar-refractivity contribution in [2.24, 2.45) is 0 Å². The summed E-state index contributed by atoms with van der Waals surface area (Å²) in [5, 5.41) is 1.06. The number of hydrogen-bond acceptors (Lipinski definition) is 3. The average Bonchev–Trinajstić information content (AvgIpc) is 3.25. The number of likely N-dealkylation sites (tertiary alicyclic amines) is 1. The standard InChI is InChI=1S/C24H24ClN3O/c25-21-8-4-7-20-22(21)26-23(27-24(20)29)18-9-10-19(15-18)28-13-11-17(12-14-28)16-5-2-1-3-6-16/h1-8,15,17,19H,9-14H2,(H,26,27,29)/t19-/m0/s1. The SMILES string of the molecule is O=c1[nH]c(C2=C[C@@H](N3CCC(c4ccccc4)CC3)CC2)nc2c(Cl)cccc12. The van der Waals surface area contributed by atoms with Crippen LogP contribution in [0.2, 0.25) is 5.02 Å². The first kappa shape index (κ1) is 18.6. The van der Waals surface area contributed by atoms with Crippen LogP contribution in [0.4, 0.5) is 0 Å². The lowest BCUT2D eigenvalue weighted by molar-refractivity contribution is 0.176. The lowest BCUT2D eigenvalue weighted by Gasteiger charge is -2.35. The van der Waals surface area contributed by atoms with E-state index in [0.717, 1.165) is 31.5 Å². The predicted molar refractivity (Wildman–Crippen MR) is 118 cm³/mol. The molecule has 1 aromatic heterocycles. The maximum absolute atomic E-state index is 12.5. The van der Waals surface area contributed by atoms with Gasteiger partial charge in [0, 0.05) is 6.04 Å². The predicted octanol–water partition coefficient (Wildman–Crippen LogP) is 5.00. The van der Waals surface area contributed by atoms with Crippen molar-refractivity contribution in [1.82, 2.24) is 14.9 Å². The lowest BCUT2D eigenvalue weighted by atomic mass is 9.89. The molecular weight excluding hydrogens is 382 g/mol. The van der Waals surface area contributed by atoms with Crippen molar-refractivity contribution in [3.63, 3.8) is 0 Å². The van der Waals surface area contributed by atoms with Gasteiger partial charge in [-0.25, -0.2) is 4.98 Å². The molecule has 0 amide bonds. The number of aromatic amines is 1. The van der Waals surface area contributed by atoms with Crippen molar-refractivity contribution in [2.75, 3.05) is 13.1 Å². The summed E-state index contributed by atoms with van der Waals surface area (Å²) in [6.45, 7) is 2.23. The number of nitrogens with one attached hydrogen (secondary N) is 1. The minimum Gasteiger partial charge on any atom is -0.306 e. The van der Waals surface area contributed by atoms with Crippen molar-refractivity contribution < 1.29 is 0 Å². The minimum absolute atomic E-state index is 0.125. The Bertz CT molecular complexity index is 1110. The normalized spacial score (nSPS) is 20.9. The summed E-state index contributed by atoms with van der Waals surface area (Å²) >= 11 is 6.28. The van der Waals surface area contributed by atoms with Crippen LogP contribution in [0.5, 0.6) is 0 Å². The second-order valence-corrected chi connectivity index (χ2v) is 8.48. The molecule has 1 aliphatic heterocycles. The number of piperidine rings is 1. The average molecular weight is 406 g/mol. The van der Waals surface area contributed by atoms with E-state index in [-0.39, 0.29) is 5.56 Å². The fourth-order valence-corrected chi connectivity index (χ4v) is 4.97. The van der Waals surface area contributed by atoms with Crippen molar-refractivity contribution in [1.29, 1.82) is 0 Å². The molecule has 1 N–H and O–H groups in total. The summed E-state index contributed by atoms with van der Waals surface area (Å²) in [6.07, 6.45) is 6.70. The van der Waals surface area contributed by atoms with Crippen LogP contribution < -0.4 is 5.56 Å². The number of allylic oxidation sites excluding steroid dienone is 1. The summed E-state index contributed by atoms with van der Waals surface area (Å²) < 4.78 is 0. The Hall–Kier alpha value is -2.43. The van der Waals surface area contributed by atoms with E-state index in [9.17, 15) is 4.79 Å². The Morgan fingerprint density at radius 2 is 1.79 bits per heavy atom. The number of nitrogens with zero attached hydrogens (tertiary/aromatic N) is 2. The monoisotopic (exact) mass is 405 g/mol. The van der Waals surface area contributed by atoms with E-state index in [1.165, 1.54) is 18.4 Å². The molecule has 1 aliphatic carbocycles. The van der Waals surface area contributed by atoms with Gasteiger partial charge in [0.1, 0.15) is 5.82 Å². The molecule has 4 nitrogen and oxygen atoms in total. The van der Waals surface area contributed by atoms with Gasteiger partial charge in [-0.15, -0.1) is 0 Å². The fraction of sp³-hybridized carbons (Fsp3) is 0.333. The molecule has 2 aliphatic rings. The molecule has 0 spiro atoms.